The lowest BCUT2D eigenvalue weighted by atomic mass is 10.1. The second kappa shape index (κ2) is 10.5. The second-order valence-electron chi connectivity index (χ2n) is 5.77. The van der Waals surface area contributed by atoms with Gasteiger partial charge < -0.3 is 20.1 Å². The molecule has 0 spiro atoms. The Kier molecular flexibility index (Phi) is 7.77. The van der Waals surface area contributed by atoms with Crippen LogP contribution in [0.2, 0.25) is 0 Å². The Morgan fingerprint density at radius 3 is 2.39 bits per heavy atom. The summed E-state index contributed by atoms with van der Waals surface area (Å²) < 4.78 is 9.17. The fraction of sp³-hybridized carbons (Fsp3) is 0.190. The highest BCUT2D eigenvalue weighted by Crippen LogP contribution is 2.14. The molecule has 0 radical (unpaired) electrons. The van der Waals surface area contributed by atoms with Gasteiger partial charge in [-0.05, 0) is 30.2 Å². The summed E-state index contributed by atoms with van der Waals surface area (Å²) >= 11 is 0. The highest BCUT2D eigenvalue weighted by Gasteiger charge is 2.14. The molecule has 0 aliphatic rings. The van der Waals surface area contributed by atoms with Crippen LogP contribution in [0.25, 0.3) is 0 Å². The molecule has 1 amide bonds. The van der Waals surface area contributed by atoms with E-state index in [-0.39, 0.29) is 11.6 Å². The molecule has 0 saturated carbocycles. The molecule has 0 heterocycles. The highest BCUT2D eigenvalue weighted by molar-refractivity contribution is 5.99. The number of carbonyl (C=O) groups is 3. The number of esters is 2. The lowest BCUT2D eigenvalue weighted by molar-refractivity contribution is -0.138. The van der Waals surface area contributed by atoms with Crippen LogP contribution in [0.5, 0.6) is 0 Å². The zero-order chi connectivity index (χ0) is 20.4. The van der Waals surface area contributed by atoms with Crippen molar-refractivity contribution in [2.24, 2.45) is 0 Å². The standard InChI is InChI=1S/C21H22N2O5/c1-27-19(24)14-18(21(26)28-2)23-17-10-6-9-16(13-17)20(25)22-12-11-15-7-4-3-5-8-15/h3-10,13-14,23H,11-12H2,1-2H3,(H,22,25)/b18-14+. The number of anilines is 1. The Morgan fingerprint density at radius 1 is 0.964 bits per heavy atom. The van der Waals surface area contributed by atoms with Gasteiger partial charge in [-0.3, -0.25) is 4.79 Å². The molecule has 146 valence electrons. The van der Waals surface area contributed by atoms with Gasteiger partial charge in [0.05, 0.1) is 20.3 Å². The first kappa shape index (κ1) is 20.7. The maximum Gasteiger partial charge on any atom is 0.354 e. The summed E-state index contributed by atoms with van der Waals surface area (Å²) in [6.07, 6.45) is 1.71. The Bertz CT molecular complexity index is 862. The van der Waals surface area contributed by atoms with Gasteiger partial charge in [0.2, 0.25) is 0 Å². The van der Waals surface area contributed by atoms with Crippen LogP contribution in [-0.2, 0) is 25.5 Å². The van der Waals surface area contributed by atoms with E-state index < -0.39 is 11.9 Å². The summed E-state index contributed by atoms with van der Waals surface area (Å²) in [4.78, 5) is 35.6. The molecule has 0 saturated heterocycles. The molecule has 0 aliphatic heterocycles. The van der Waals surface area contributed by atoms with Gasteiger partial charge in [-0.2, -0.15) is 0 Å². The van der Waals surface area contributed by atoms with Crippen molar-refractivity contribution >= 4 is 23.5 Å². The van der Waals surface area contributed by atoms with Crippen LogP contribution in [0, 0.1) is 0 Å². The molecule has 2 aromatic carbocycles. The normalized spacial score (nSPS) is 10.7. The maximum absolute atomic E-state index is 12.4. The Balaban J connectivity index is 2.03. The summed E-state index contributed by atoms with van der Waals surface area (Å²) in [6.45, 7) is 0.496. The van der Waals surface area contributed by atoms with Gasteiger partial charge in [0, 0.05) is 17.8 Å². The first-order valence-electron chi connectivity index (χ1n) is 8.60. The molecule has 2 rings (SSSR count). The van der Waals surface area contributed by atoms with E-state index in [0.29, 0.717) is 17.8 Å². The SMILES string of the molecule is COC(=O)/C=C(/Nc1cccc(C(=O)NCCc2ccccc2)c1)C(=O)OC. The van der Waals surface area contributed by atoms with Crippen molar-refractivity contribution in [2.75, 3.05) is 26.1 Å². The fourth-order valence-corrected chi connectivity index (χ4v) is 2.39. The van der Waals surface area contributed by atoms with E-state index in [0.717, 1.165) is 18.1 Å². The monoisotopic (exact) mass is 382 g/mol. The van der Waals surface area contributed by atoms with Crippen LogP contribution in [0.4, 0.5) is 5.69 Å². The third-order valence-corrected chi connectivity index (χ3v) is 3.81. The van der Waals surface area contributed by atoms with Crippen LogP contribution in [0.15, 0.2) is 66.4 Å². The van der Waals surface area contributed by atoms with Gasteiger partial charge in [0.1, 0.15) is 5.70 Å². The predicted molar refractivity (Wildman–Crippen MR) is 105 cm³/mol. The number of hydrogen-bond acceptors (Lipinski definition) is 6. The van der Waals surface area contributed by atoms with Gasteiger partial charge >= 0.3 is 11.9 Å². The van der Waals surface area contributed by atoms with Crippen LogP contribution < -0.4 is 10.6 Å². The highest BCUT2D eigenvalue weighted by atomic mass is 16.5. The summed E-state index contributed by atoms with van der Waals surface area (Å²) in [7, 11) is 2.40. The smallest absolute Gasteiger partial charge is 0.354 e. The number of amides is 1. The van der Waals surface area contributed by atoms with Crippen molar-refractivity contribution in [3.63, 3.8) is 0 Å². The number of carbonyl (C=O) groups excluding carboxylic acids is 3. The third-order valence-electron chi connectivity index (χ3n) is 3.81. The zero-order valence-corrected chi connectivity index (χ0v) is 15.7. The van der Waals surface area contributed by atoms with Gasteiger partial charge in [-0.1, -0.05) is 36.4 Å². The minimum absolute atomic E-state index is 0.101. The Labute approximate surface area is 163 Å². The van der Waals surface area contributed by atoms with E-state index in [9.17, 15) is 14.4 Å². The average Bonchev–Trinajstić information content (AvgIpc) is 2.73. The largest absolute Gasteiger partial charge is 0.466 e. The van der Waals surface area contributed by atoms with E-state index in [1.165, 1.54) is 14.2 Å². The number of methoxy groups -OCH3 is 2. The van der Waals surface area contributed by atoms with Crippen molar-refractivity contribution in [3.05, 3.63) is 77.5 Å². The number of nitrogens with one attached hydrogen (secondary N) is 2. The lowest BCUT2D eigenvalue weighted by Crippen LogP contribution is -2.25. The molecule has 0 bridgehead atoms. The lowest BCUT2D eigenvalue weighted by Gasteiger charge is -2.11. The molecule has 7 nitrogen and oxygen atoms in total. The molecule has 0 aliphatic carbocycles. The molecule has 0 fully saturated rings. The average molecular weight is 382 g/mol. The van der Waals surface area contributed by atoms with Crippen LogP contribution in [-0.4, -0.2) is 38.6 Å². The quantitative estimate of drug-likeness (QED) is 0.538. The molecule has 2 aromatic rings. The zero-order valence-electron chi connectivity index (χ0n) is 15.7. The number of hydrogen-bond donors (Lipinski definition) is 2. The summed E-state index contributed by atoms with van der Waals surface area (Å²) in [5.41, 5.74) is 1.90. The van der Waals surface area contributed by atoms with E-state index in [2.05, 4.69) is 20.1 Å². The Morgan fingerprint density at radius 2 is 1.71 bits per heavy atom. The second-order valence-corrected chi connectivity index (χ2v) is 5.77. The minimum Gasteiger partial charge on any atom is -0.466 e. The third kappa shape index (κ3) is 6.28. The van der Waals surface area contributed by atoms with Gasteiger partial charge in [0.25, 0.3) is 5.91 Å². The topological polar surface area (TPSA) is 93.7 Å². The molecular formula is C21H22N2O5. The van der Waals surface area contributed by atoms with Crippen LogP contribution in [0.3, 0.4) is 0 Å². The number of rotatable bonds is 8. The molecule has 0 atom stereocenters. The fourth-order valence-electron chi connectivity index (χ4n) is 2.39. The van der Waals surface area contributed by atoms with E-state index >= 15 is 0 Å². The first-order valence-corrected chi connectivity index (χ1v) is 8.60. The summed E-state index contributed by atoms with van der Waals surface area (Å²) in [5.74, 6) is -1.68. The molecule has 0 aromatic heterocycles. The molecule has 2 N–H and O–H groups in total. The van der Waals surface area contributed by atoms with Crippen molar-refractivity contribution < 1.29 is 23.9 Å². The van der Waals surface area contributed by atoms with Crippen LogP contribution >= 0.6 is 0 Å². The van der Waals surface area contributed by atoms with Crippen LogP contribution in [0.1, 0.15) is 15.9 Å². The predicted octanol–water partition coefficient (Wildman–Crippen LogP) is 2.30. The van der Waals surface area contributed by atoms with Crippen molar-refractivity contribution in [1.29, 1.82) is 0 Å². The Hall–Kier alpha value is -3.61. The minimum atomic E-state index is -0.733. The molecule has 0 unspecified atom stereocenters. The summed E-state index contributed by atoms with van der Waals surface area (Å²) in [6, 6.07) is 16.4. The van der Waals surface area contributed by atoms with E-state index in [1.54, 1.807) is 24.3 Å². The van der Waals surface area contributed by atoms with Crippen molar-refractivity contribution in [1.82, 2.24) is 5.32 Å². The van der Waals surface area contributed by atoms with E-state index in [1.807, 2.05) is 30.3 Å². The number of ether oxygens (including phenoxy) is 2. The molecule has 28 heavy (non-hydrogen) atoms. The number of benzene rings is 2. The van der Waals surface area contributed by atoms with Gasteiger partial charge in [-0.25, -0.2) is 9.59 Å². The van der Waals surface area contributed by atoms with E-state index in [4.69, 9.17) is 0 Å². The molecular weight excluding hydrogens is 360 g/mol. The molecule has 7 heteroatoms. The van der Waals surface area contributed by atoms with Crippen molar-refractivity contribution in [2.45, 2.75) is 6.42 Å². The van der Waals surface area contributed by atoms with Gasteiger partial charge in [0.15, 0.2) is 0 Å². The van der Waals surface area contributed by atoms with Gasteiger partial charge in [-0.15, -0.1) is 0 Å². The van der Waals surface area contributed by atoms with Crippen molar-refractivity contribution in [3.8, 4) is 0 Å². The first-order chi connectivity index (χ1) is 13.5. The maximum atomic E-state index is 12.4. The summed E-state index contributed by atoms with van der Waals surface area (Å²) in [5, 5.41) is 5.63.